The van der Waals surface area contributed by atoms with Crippen LogP contribution in [0, 0.1) is 11.8 Å². The summed E-state index contributed by atoms with van der Waals surface area (Å²) in [4.78, 5) is 2.32. The zero-order chi connectivity index (χ0) is 12.6. The first-order chi connectivity index (χ1) is 8.90. The smallest absolute Gasteiger partial charge is 0.0608 e. The van der Waals surface area contributed by atoms with Crippen molar-refractivity contribution in [1.29, 1.82) is 0 Å². The molecule has 1 atom stereocenters. The van der Waals surface area contributed by atoms with Crippen molar-refractivity contribution in [1.82, 2.24) is 4.90 Å². The number of likely N-dealkylation sites (tertiary alicyclic amines) is 1. The van der Waals surface area contributed by atoms with Gasteiger partial charge >= 0.3 is 0 Å². The Labute approximate surface area is 110 Å². The Hall–Kier alpha value is -1.30. The summed E-state index contributed by atoms with van der Waals surface area (Å²) in [6.07, 6.45) is 4.83. The number of hydrogen-bond donors (Lipinski definition) is 1. The van der Waals surface area contributed by atoms with Gasteiger partial charge in [-0.25, -0.2) is 0 Å². The zero-order valence-electron chi connectivity index (χ0n) is 10.8. The molecule has 18 heavy (non-hydrogen) atoms. The van der Waals surface area contributed by atoms with Gasteiger partial charge in [-0.05, 0) is 31.5 Å². The first-order valence-electron chi connectivity index (χ1n) is 6.79. The maximum atomic E-state index is 9.41. The largest absolute Gasteiger partial charge is 0.395 e. The molecule has 2 heteroatoms. The van der Waals surface area contributed by atoms with Crippen LogP contribution in [0.5, 0.6) is 0 Å². The second-order valence-corrected chi connectivity index (χ2v) is 4.82. The van der Waals surface area contributed by atoms with Crippen LogP contribution in [0.15, 0.2) is 30.3 Å². The van der Waals surface area contributed by atoms with E-state index < -0.39 is 0 Å². The van der Waals surface area contributed by atoms with Gasteiger partial charge in [-0.3, -0.25) is 4.90 Å². The Morgan fingerprint density at radius 1 is 1.17 bits per heavy atom. The summed E-state index contributed by atoms with van der Waals surface area (Å²) >= 11 is 0. The van der Waals surface area contributed by atoms with E-state index in [1.165, 1.54) is 19.3 Å². The minimum atomic E-state index is 0.257. The fourth-order valence-electron chi connectivity index (χ4n) is 2.42. The lowest BCUT2D eigenvalue weighted by Gasteiger charge is -2.26. The molecule has 2 rings (SSSR count). The fourth-order valence-corrected chi connectivity index (χ4v) is 2.42. The van der Waals surface area contributed by atoms with Crippen LogP contribution < -0.4 is 0 Å². The average Bonchev–Trinajstić information content (AvgIpc) is 2.65. The molecule has 1 saturated heterocycles. The molecule has 0 aliphatic carbocycles. The van der Waals surface area contributed by atoms with Gasteiger partial charge in [0.15, 0.2) is 0 Å². The van der Waals surface area contributed by atoms with Crippen LogP contribution in [0.25, 0.3) is 0 Å². The van der Waals surface area contributed by atoms with Crippen molar-refractivity contribution in [2.75, 3.05) is 19.7 Å². The first-order valence-corrected chi connectivity index (χ1v) is 6.79. The highest BCUT2D eigenvalue weighted by Gasteiger charge is 2.18. The van der Waals surface area contributed by atoms with Crippen LogP contribution in [0.1, 0.15) is 31.2 Å². The van der Waals surface area contributed by atoms with Crippen molar-refractivity contribution < 1.29 is 5.11 Å². The summed E-state index contributed by atoms with van der Waals surface area (Å²) < 4.78 is 0. The minimum Gasteiger partial charge on any atom is -0.395 e. The lowest BCUT2D eigenvalue weighted by atomic mass is 10.1. The average molecular weight is 243 g/mol. The molecular formula is C16H21NO. The molecule has 1 aromatic rings. The van der Waals surface area contributed by atoms with Crippen LogP contribution in [0.3, 0.4) is 0 Å². The molecule has 1 aliphatic heterocycles. The fraction of sp³-hybridized carbons (Fsp3) is 0.500. The second-order valence-electron chi connectivity index (χ2n) is 4.82. The third-order valence-corrected chi connectivity index (χ3v) is 3.50. The van der Waals surface area contributed by atoms with Gasteiger partial charge in [0.25, 0.3) is 0 Å². The molecule has 0 amide bonds. The monoisotopic (exact) mass is 243 g/mol. The molecule has 1 unspecified atom stereocenters. The molecule has 0 aromatic heterocycles. The predicted molar refractivity (Wildman–Crippen MR) is 74.2 cm³/mol. The summed E-state index contributed by atoms with van der Waals surface area (Å²) in [6, 6.07) is 10.4. The van der Waals surface area contributed by atoms with Crippen LogP contribution in [-0.2, 0) is 0 Å². The van der Waals surface area contributed by atoms with E-state index in [-0.39, 0.29) is 6.61 Å². The third-order valence-electron chi connectivity index (χ3n) is 3.50. The number of hydrogen-bond acceptors (Lipinski definition) is 2. The molecule has 96 valence electrons. The van der Waals surface area contributed by atoms with Gasteiger partial charge in [0.05, 0.1) is 13.2 Å². The predicted octanol–water partition coefficient (Wildman–Crippen LogP) is 2.28. The number of aliphatic hydroxyl groups is 1. The van der Waals surface area contributed by atoms with Crippen LogP contribution in [0.4, 0.5) is 0 Å². The van der Waals surface area contributed by atoms with Crippen LogP contribution in [-0.4, -0.2) is 35.7 Å². The van der Waals surface area contributed by atoms with E-state index in [1.807, 2.05) is 30.3 Å². The van der Waals surface area contributed by atoms with Crippen molar-refractivity contribution in [3.63, 3.8) is 0 Å². The molecule has 0 saturated carbocycles. The Balaban J connectivity index is 1.93. The van der Waals surface area contributed by atoms with Crippen molar-refractivity contribution in [2.45, 2.75) is 31.7 Å². The van der Waals surface area contributed by atoms with Gasteiger partial charge in [-0.2, -0.15) is 0 Å². The topological polar surface area (TPSA) is 23.5 Å². The maximum absolute atomic E-state index is 9.41. The highest BCUT2D eigenvalue weighted by atomic mass is 16.3. The molecule has 1 N–H and O–H groups in total. The summed E-state index contributed by atoms with van der Waals surface area (Å²) in [5.41, 5.74) is 1.06. The Morgan fingerprint density at radius 3 is 2.78 bits per heavy atom. The normalized spacial score (nSPS) is 20.8. The lowest BCUT2D eigenvalue weighted by Crippen LogP contribution is -2.37. The summed E-state index contributed by atoms with van der Waals surface area (Å²) in [5.74, 6) is 6.41. The molecule has 1 aliphatic rings. The Bertz CT molecular complexity index is 404. The molecule has 1 fully saturated rings. The van der Waals surface area contributed by atoms with E-state index in [0.717, 1.165) is 25.1 Å². The van der Waals surface area contributed by atoms with E-state index in [2.05, 4.69) is 16.7 Å². The van der Waals surface area contributed by atoms with E-state index in [1.54, 1.807) is 0 Å². The third kappa shape index (κ3) is 3.87. The first kappa shape index (κ1) is 13.1. The van der Waals surface area contributed by atoms with Gasteiger partial charge in [0, 0.05) is 11.6 Å². The SMILES string of the molecule is OCC1CCCCCN1CC#Cc1ccccc1. The number of benzene rings is 1. The molecule has 1 aromatic carbocycles. The molecule has 2 nitrogen and oxygen atoms in total. The summed E-state index contributed by atoms with van der Waals surface area (Å²) in [7, 11) is 0. The van der Waals surface area contributed by atoms with E-state index in [4.69, 9.17) is 0 Å². The highest BCUT2D eigenvalue weighted by Crippen LogP contribution is 2.15. The maximum Gasteiger partial charge on any atom is 0.0608 e. The molecule has 1 heterocycles. The van der Waals surface area contributed by atoms with Gasteiger partial charge in [-0.1, -0.05) is 42.9 Å². The van der Waals surface area contributed by atoms with E-state index >= 15 is 0 Å². The van der Waals surface area contributed by atoms with Crippen molar-refractivity contribution in [3.05, 3.63) is 35.9 Å². The molecular weight excluding hydrogens is 222 g/mol. The Morgan fingerprint density at radius 2 is 2.00 bits per heavy atom. The van der Waals surface area contributed by atoms with Crippen molar-refractivity contribution in [3.8, 4) is 11.8 Å². The van der Waals surface area contributed by atoms with Crippen LogP contribution in [0.2, 0.25) is 0 Å². The van der Waals surface area contributed by atoms with Gasteiger partial charge in [0.1, 0.15) is 0 Å². The van der Waals surface area contributed by atoms with Gasteiger partial charge in [0.2, 0.25) is 0 Å². The zero-order valence-corrected chi connectivity index (χ0v) is 10.8. The van der Waals surface area contributed by atoms with Crippen LogP contribution >= 0.6 is 0 Å². The summed E-state index contributed by atoms with van der Waals surface area (Å²) in [5, 5.41) is 9.41. The van der Waals surface area contributed by atoms with Crippen molar-refractivity contribution in [2.24, 2.45) is 0 Å². The quantitative estimate of drug-likeness (QED) is 0.806. The van der Waals surface area contributed by atoms with Crippen molar-refractivity contribution >= 4 is 0 Å². The minimum absolute atomic E-state index is 0.257. The number of rotatable bonds is 2. The molecule has 0 radical (unpaired) electrons. The summed E-state index contributed by atoms with van der Waals surface area (Å²) in [6.45, 7) is 2.09. The molecule has 0 spiro atoms. The van der Waals surface area contributed by atoms with E-state index in [0.29, 0.717) is 6.04 Å². The highest BCUT2D eigenvalue weighted by molar-refractivity contribution is 5.33. The standard InChI is InChI=1S/C16H21NO/c18-14-16-11-5-2-6-12-17(16)13-7-10-15-8-3-1-4-9-15/h1,3-4,8-9,16,18H,2,5-6,11-14H2. The Kier molecular flexibility index (Phi) is 5.26. The second kappa shape index (κ2) is 7.20. The lowest BCUT2D eigenvalue weighted by molar-refractivity contribution is 0.137. The number of aliphatic hydroxyl groups excluding tert-OH is 1. The van der Waals surface area contributed by atoms with Gasteiger partial charge in [-0.15, -0.1) is 0 Å². The molecule has 0 bridgehead atoms. The van der Waals surface area contributed by atoms with E-state index in [9.17, 15) is 5.11 Å². The van der Waals surface area contributed by atoms with Gasteiger partial charge < -0.3 is 5.11 Å². The number of nitrogens with zero attached hydrogens (tertiary/aromatic N) is 1.